The van der Waals surface area contributed by atoms with E-state index in [-0.39, 0.29) is 23.3 Å². The first kappa shape index (κ1) is 18.8. The molecule has 2 heterocycles. The molecule has 166 valence electrons. The first-order valence-electron chi connectivity index (χ1n) is 11.2. The van der Waals surface area contributed by atoms with E-state index in [1.54, 1.807) is 27.4 Å². The van der Waals surface area contributed by atoms with Crippen molar-refractivity contribution in [3.63, 3.8) is 0 Å². The molecule has 0 amide bonds. The summed E-state index contributed by atoms with van der Waals surface area (Å²) in [6.07, 6.45) is 5.98. The number of nitrogens with zero attached hydrogens (tertiary/aromatic N) is 1. The maximum Gasteiger partial charge on any atom is 0.166 e. The molecular formula is C26H27NO5. The van der Waals surface area contributed by atoms with Crippen LogP contribution >= 0.6 is 0 Å². The third-order valence-electron chi connectivity index (χ3n) is 9.12. The fourth-order valence-electron chi connectivity index (χ4n) is 8.03. The molecule has 1 saturated heterocycles. The molecule has 32 heavy (non-hydrogen) atoms. The van der Waals surface area contributed by atoms with Crippen LogP contribution in [0.2, 0.25) is 0 Å². The van der Waals surface area contributed by atoms with Gasteiger partial charge >= 0.3 is 0 Å². The number of ether oxygens (including phenoxy) is 4. The Labute approximate surface area is 187 Å². The molecular weight excluding hydrogens is 406 g/mol. The van der Waals surface area contributed by atoms with Gasteiger partial charge in [-0.3, -0.25) is 0 Å². The van der Waals surface area contributed by atoms with Gasteiger partial charge in [0.25, 0.3) is 0 Å². The van der Waals surface area contributed by atoms with E-state index in [9.17, 15) is 5.11 Å². The van der Waals surface area contributed by atoms with Gasteiger partial charge in [-0.05, 0) is 56.3 Å². The molecule has 2 aromatic rings. The molecule has 2 aromatic carbocycles. The van der Waals surface area contributed by atoms with E-state index in [1.165, 1.54) is 11.1 Å². The standard InChI is InChI=1S/C26H27NO5/c1-27-12-11-25-19-14-5-7-17(30-3)22(19)32-23(25)26(31-4)10-9-24(25,18(27)13-14)21-16(29-2)8-6-15(28)20(21)26/h5-10,18,23,28H,11-13H2,1-4H3. The van der Waals surface area contributed by atoms with E-state index in [0.717, 1.165) is 47.8 Å². The van der Waals surface area contributed by atoms with Gasteiger partial charge in [-0.25, -0.2) is 0 Å². The molecule has 4 bridgehead atoms. The topological polar surface area (TPSA) is 60.4 Å². The number of phenolic OH excluding ortho intramolecular Hbond substituents is 1. The molecule has 6 nitrogen and oxygen atoms in total. The van der Waals surface area contributed by atoms with Gasteiger partial charge in [0.05, 0.1) is 19.6 Å². The maximum atomic E-state index is 11.2. The quantitative estimate of drug-likeness (QED) is 0.751. The summed E-state index contributed by atoms with van der Waals surface area (Å²) < 4.78 is 24.9. The minimum atomic E-state index is -0.922. The maximum absolute atomic E-state index is 11.2. The Morgan fingerprint density at radius 3 is 2.53 bits per heavy atom. The van der Waals surface area contributed by atoms with E-state index in [4.69, 9.17) is 18.9 Å². The largest absolute Gasteiger partial charge is 0.508 e. The molecule has 0 radical (unpaired) electrons. The lowest BCUT2D eigenvalue weighted by Gasteiger charge is -2.69. The zero-order chi connectivity index (χ0) is 22.0. The third kappa shape index (κ3) is 1.61. The highest BCUT2D eigenvalue weighted by Gasteiger charge is 2.79. The molecule has 4 aliphatic carbocycles. The summed E-state index contributed by atoms with van der Waals surface area (Å²) in [5, 5.41) is 11.2. The first-order chi connectivity index (χ1) is 15.5. The van der Waals surface area contributed by atoms with Crippen molar-refractivity contribution < 1.29 is 24.1 Å². The molecule has 0 saturated carbocycles. The van der Waals surface area contributed by atoms with Crippen LogP contribution in [0.4, 0.5) is 0 Å². The number of aromatic hydroxyl groups is 1. The van der Waals surface area contributed by atoms with Crippen molar-refractivity contribution in [2.24, 2.45) is 0 Å². The number of piperidine rings is 1. The molecule has 2 spiro atoms. The van der Waals surface area contributed by atoms with E-state index in [2.05, 4.69) is 30.2 Å². The summed E-state index contributed by atoms with van der Waals surface area (Å²) in [5.74, 6) is 2.60. The summed E-state index contributed by atoms with van der Waals surface area (Å²) in [4.78, 5) is 2.47. The van der Waals surface area contributed by atoms with Crippen LogP contribution in [0.5, 0.6) is 23.0 Å². The monoisotopic (exact) mass is 433 g/mol. The van der Waals surface area contributed by atoms with Crippen LogP contribution in [0.3, 0.4) is 0 Å². The average molecular weight is 434 g/mol. The van der Waals surface area contributed by atoms with Gasteiger partial charge in [0.2, 0.25) is 0 Å². The number of hydrogen-bond donors (Lipinski definition) is 1. The number of hydrogen-bond acceptors (Lipinski definition) is 6. The fourth-order valence-corrected chi connectivity index (χ4v) is 8.03. The number of rotatable bonds is 3. The molecule has 1 N–H and O–H groups in total. The van der Waals surface area contributed by atoms with Crippen molar-refractivity contribution in [2.45, 2.75) is 41.4 Å². The highest BCUT2D eigenvalue weighted by molar-refractivity contribution is 5.75. The molecule has 1 fully saturated rings. The Morgan fingerprint density at radius 2 is 1.78 bits per heavy atom. The minimum absolute atomic E-state index is 0.204. The van der Waals surface area contributed by atoms with Gasteiger partial charge in [-0.1, -0.05) is 12.1 Å². The van der Waals surface area contributed by atoms with Crippen LogP contribution in [-0.2, 0) is 27.6 Å². The summed E-state index contributed by atoms with van der Waals surface area (Å²) in [7, 11) is 7.32. The molecule has 6 aliphatic rings. The van der Waals surface area contributed by atoms with Crippen LogP contribution in [0.25, 0.3) is 0 Å². The molecule has 6 heteroatoms. The van der Waals surface area contributed by atoms with Gasteiger partial charge in [-0.2, -0.15) is 0 Å². The second kappa shape index (κ2) is 5.61. The zero-order valence-corrected chi connectivity index (χ0v) is 18.8. The van der Waals surface area contributed by atoms with Gasteiger partial charge < -0.3 is 29.0 Å². The van der Waals surface area contributed by atoms with E-state index < -0.39 is 11.0 Å². The number of phenols is 1. The van der Waals surface area contributed by atoms with Crippen LogP contribution in [-0.4, -0.2) is 57.1 Å². The second-order valence-corrected chi connectivity index (χ2v) is 9.79. The predicted octanol–water partition coefficient (Wildman–Crippen LogP) is 3.03. The normalized spacial score (nSPS) is 37.0. The Hall–Kier alpha value is -2.70. The lowest BCUT2D eigenvalue weighted by atomic mass is 9.37. The van der Waals surface area contributed by atoms with Gasteiger partial charge in [0.15, 0.2) is 17.1 Å². The first-order valence-corrected chi connectivity index (χ1v) is 11.2. The summed E-state index contributed by atoms with van der Waals surface area (Å²) >= 11 is 0. The van der Waals surface area contributed by atoms with Crippen molar-refractivity contribution in [3.05, 3.63) is 58.7 Å². The van der Waals surface area contributed by atoms with Crippen LogP contribution in [0.15, 0.2) is 36.4 Å². The Bertz CT molecular complexity index is 1220. The lowest BCUT2D eigenvalue weighted by molar-refractivity contribution is -0.145. The van der Waals surface area contributed by atoms with Crippen molar-refractivity contribution in [1.82, 2.24) is 4.90 Å². The lowest BCUT2D eigenvalue weighted by Crippen LogP contribution is -2.77. The van der Waals surface area contributed by atoms with Gasteiger partial charge in [0, 0.05) is 35.3 Å². The van der Waals surface area contributed by atoms with E-state index in [0.29, 0.717) is 0 Å². The van der Waals surface area contributed by atoms with Crippen LogP contribution in [0.1, 0.15) is 28.7 Å². The van der Waals surface area contributed by atoms with Crippen LogP contribution < -0.4 is 14.2 Å². The average Bonchev–Trinajstić information content (AvgIpc) is 3.18. The third-order valence-corrected chi connectivity index (χ3v) is 9.12. The Kier molecular flexibility index (Phi) is 3.30. The highest BCUT2D eigenvalue weighted by Crippen LogP contribution is 2.75. The number of likely N-dealkylation sites (tertiary alicyclic amines) is 1. The number of methoxy groups -OCH3 is 3. The molecule has 2 aliphatic heterocycles. The second-order valence-electron chi connectivity index (χ2n) is 9.79. The highest BCUT2D eigenvalue weighted by atomic mass is 16.6. The van der Waals surface area contributed by atoms with Crippen molar-refractivity contribution in [2.75, 3.05) is 34.9 Å². The molecule has 5 atom stereocenters. The van der Waals surface area contributed by atoms with Crippen molar-refractivity contribution >= 4 is 0 Å². The summed E-state index contributed by atoms with van der Waals surface area (Å²) in [6.45, 7) is 0.965. The Morgan fingerprint density at radius 1 is 1.00 bits per heavy atom. The Balaban J connectivity index is 1.70. The van der Waals surface area contributed by atoms with Crippen molar-refractivity contribution in [3.8, 4) is 23.0 Å². The van der Waals surface area contributed by atoms with Gasteiger partial charge in [-0.15, -0.1) is 0 Å². The van der Waals surface area contributed by atoms with E-state index >= 15 is 0 Å². The SMILES string of the molecule is COc1ccc2c3c1OC1C4(OC)C=CC5(c6c(OC)ccc(O)c64)C(C2)N(C)CCC315. The van der Waals surface area contributed by atoms with E-state index in [1.807, 2.05) is 12.1 Å². The molecule has 8 rings (SSSR count). The predicted molar refractivity (Wildman–Crippen MR) is 118 cm³/mol. The van der Waals surface area contributed by atoms with Crippen molar-refractivity contribution in [1.29, 1.82) is 0 Å². The van der Waals surface area contributed by atoms with Crippen LogP contribution in [0, 0.1) is 0 Å². The molecule has 5 unspecified atom stereocenters. The number of benzene rings is 2. The smallest absolute Gasteiger partial charge is 0.166 e. The number of likely N-dealkylation sites (N-methyl/N-ethyl adjacent to an activating group) is 1. The van der Waals surface area contributed by atoms with Gasteiger partial charge in [0.1, 0.15) is 17.6 Å². The minimum Gasteiger partial charge on any atom is -0.508 e. The summed E-state index contributed by atoms with van der Waals surface area (Å²) in [5.41, 5.74) is 2.73. The molecule has 0 aromatic heterocycles. The summed E-state index contributed by atoms with van der Waals surface area (Å²) in [6, 6.07) is 8.04. The fraction of sp³-hybridized carbons (Fsp3) is 0.462. The zero-order valence-electron chi connectivity index (χ0n) is 18.8.